The van der Waals surface area contributed by atoms with Crippen molar-refractivity contribution in [1.82, 2.24) is 0 Å². The van der Waals surface area contributed by atoms with Gasteiger partial charge in [-0.3, -0.25) is 4.99 Å². The first-order valence-electron chi connectivity index (χ1n) is 7.30. The highest BCUT2D eigenvalue weighted by Crippen LogP contribution is 2.16. The molecule has 0 amide bonds. The van der Waals surface area contributed by atoms with E-state index in [1.807, 2.05) is 18.3 Å². The third kappa shape index (κ3) is 4.89. The van der Waals surface area contributed by atoms with E-state index in [-0.39, 0.29) is 0 Å². The fourth-order valence-corrected chi connectivity index (χ4v) is 2.00. The van der Waals surface area contributed by atoms with Crippen molar-refractivity contribution in [3.63, 3.8) is 0 Å². The average Bonchev–Trinajstić information content (AvgIpc) is 2.52. The second-order valence-electron chi connectivity index (χ2n) is 5.59. The lowest BCUT2D eigenvalue weighted by Gasteiger charge is -2.04. The topological polar surface area (TPSA) is 36.1 Å². The van der Waals surface area contributed by atoms with Crippen LogP contribution < -0.4 is 0 Å². The highest BCUT2D eigenvalue weighted by molar-refractivity contribution is 5.82. The molecule has 0 bridgehead atoms. The van der Waals surface area contributed by atoms with Gasteiger partial charge in [0.1, 0.15) is 0 Å². The Morgan fingerprint density at radius 2 is 1.71 bits per heavy atom. The average molecular weight is 276 g/mol. The first-order valence-corrected chi connectivity index (χ1v) is 7.30. The standard InChI is InChI=1S/C19H20N2/c1-15(2)3-4-16-9-11-19(12-10-16)21-14-18-7-5-17(13-20)6-8-18/h5-12,14-15H,3-4H2,1-2H3. The molecule has 0 spiro atoms. The van der Waals surface area contributed by atoms with Crippen molar-refractivity contribution in [2.24, 2.45) is 10.9 Å². The quantitative estimate of drug-likeness (QED) is 0.716. The molecule has 2 aromatic rings. The molecular formula is C19H20N2. The number of nitriles is 1. The van der Waals surface area contributed by atoms with Crippen LogP contribution in [0.25, 0.3) is 0 Å². The summed E-state index contributed by atoms with van der Waals surface area (Å²) in [6.45, 7) is 4.49. The highest BCUT2D eigenvalue weighted by atomic mass is 14.7. The summed E-state index contributed by atoms with van der Waals surface area (Å²) in [5.74, 6) is 0.735. The monoisotopic (exact) mass is 276 g/mol. The van der Waals surface area contributed by atoms with Gasteiger partial charge in [0.2, 0.25) is 0 Å². The van der Waals surface area contributed by atoms with Crippen LogP contribution in [0.1, 0.15) is 37.0 Å². The van der Waals surface area contributed by atoms with Gasteiger partial charge in [-0.05, 0) is 54.2 Å². The molecule has 2 rings (SSSR count). The second-order valence-corrected chi connectivity index (χ2v) is 5.59. The first-order chi connectivity index (χ1) is 10.2. The van der Waals surface area contributed by atoms with Crippen LogP contribution in [-0.4, -0.2) is 6.21 Å². The van der Waals surface area contributed by atoms with Crippen LogP contribution in [0.4, 0.5) is 5.69 Å². The fourth-order valence-electron chi connectivity index (χ4n) is 2.00. The summed E-state index contributed by atoms with van der Waals surface area (Å²) in [6, 6.07) is 17.9. The highest BCUT2D eigenvalue weighted by Gasteiger charge is 1.97. The summed E-state index contributed by atoms with van der Waals surface area (Å²) in [4.78, 5) is 4.46. The minimum Gasteiger partial charge on any atom is -0.256 e. The Balaban J connectivity index is 1.99. The van der Waals surface area contributed by atoms with Crippen LogP contribution in [0.3, 0.4) is 0 Å². The molecule has 0 N–H and O–H groups in total. The summed E-state index contributed by atoms with van der Waals surface area (Å²) in [5, 5.41) is 8.76. The van der Waals surface area contributed by atoms with Gasteiger partial charge in [0, 0.05) is 6.21 Å². The summed E-state index contributed by atoms with van der Waals surface area (Å²) in [7, 11) is 0. The molecule has 21 heavy (non-hydrogen) atoms. The van der Waals surface area contributed by atoms with Crippen LogP contribution in [0.2, 0.25) is 0 Å². The van der Waals surface area contributed by atoms with Crippen molar-refractivity contribution in [3.05, 3.63) is 65.2 Å². The third-order valence-corrected chi connectivity index (χ3v) is 3.35. The molecular weight excluding hydrogens is 256 g/mol. The number of nitrogens with zero attached hydrogens (tertiary/aromatic N) is 2. The van der Waals surface area contributed by atoms with Gasteiger partial charge in [-0.15, -0.1) is 0 Å². The largest absolute Gasteiger partial charge is 0.256 e. The Bertz CT molecular complexity index is 629. The molecule has 0 unspecified atom stereocenters. The lowest BCUT2D eigenvalue weighted by atomic mass is 10.0. The summed E-state index contributed by atoms with van der Waals surface area (Å²) in [6.07, 6.45) is 4.16. The maximum absolute atomic E-state index is 8.76. The molecule has 0 saturated carbocycles. The summed E-state index contributed by atoms with van der Waals surface area (Å²) < 4.78 is 0. The zero-order valence-corrected chi connectivity index (χ0v) is 12.6. The maximum Gasteiger partial charge on any atom is 0.0991 e. The van der Waals surface area contributed by atoms with Crippen molar-refractivity contribution in [2.75, 3.05) is 0 Å². The first kappa shape index (κ1) is 15.0. The van der Waals surface area contributed by atoms with E-state index in [0.29, 0.717) is 5.56 Å². The van der Waals surface area contributed by atoms with E-state index in [2.05, 4.69) is 49.2 Å². The third-order valence-electron chi connectivity index (χ3n) is 3.35. The van der Waals surface area contributed by atoms with Crippen molar-refractivity contribution < 1.29 is 0 Å². The van der Waals surface area contributed by atoms with Gasteiger partial charge in [-0.25, -0.2) is 0 Å². The second kappa shape index (κ2) is 7.40. The minimum atomic E-state index is 0.668. The van der Waals surface area contributed by atoms with Crippen molar-refractivity contribution in [1.29, 1.82) is 5.26 Å². The Morgan fingerprint density at radius 1 is 1.05 bits per heavy atom. The maximum atomic E-state index is 8.76. The Kier molecular flexibility index (Phi) is 5.29. The fraction of sp³-hybridized carbons (Fsp3) is 0.263. The van der Waals surface area contributed by atoms with Gasteiger partial charge in [0.25, 0.3) is 0 Å². The molecule has 0 saturated heterocycles. The molecule has 2 nitrogen and oxygen atoms in total. The van der Waals surface area contributed by atoms with Crippen molar-refractivity contribution in [3.8, 4) is 6.07 Å². The lowest BCUT2D eigenvalue weighted by Crippen LogP contribution is -1.91. The molecule has 106 valence electrons. The van der Waals surface area contributed by atoms with Gasteiger partial charge < -0.3 is 0 Å². The number of aryl methyl sites for hydroxylation is 1. The smallest absolute Gasteiger partial charge is 0.0991 e. The molecule has 0 radical (unpaired) electrons. The Labute approximate surface area is 126 Å². The van der Waals surface area contributed by atoms with E-state index in [4.69, 9.17) is 5.26 Å². The van der Waals surface area contributed by atoms with Crippen LogP contribution in [0, 0.1) is 17.2 Å². The predicted molar refractivity (Wildman–Crippen MR) is 88.0 cm³/mol. The van der Waals surface area contributed by atoms with E-state index in [0.717, 1.165) is 23.6 Å². The normalized spacial score (nSPS) is 11.0. The zero-order chi connectivity index (χ0) is 15.1. The number of hydrogen-bond acceptors (Lipinski definition) is 2. The SMILES string of the molecule is CC(C)CCc1ccc(N=Cc2ccc(C#N)cc2)cc1. The van der Waals surface area contributed by atoms with Crippen LogP contribution >= 0.6 is 0 Å². The van der Waals surface area contributed by atoms with Crippen LogP contribution in [0.5, 0.6) is 0 Å². The van der Waals surface area contributed by atoms with Gasteiger partial charge in [0.15, 0.2) is 0 Å². The molecule has 0 aromatic heterocycles. The number of rotatable bonds is 5. The molecule has 0 aliphatic carbocycles. The molecule has 0 fully saturated rings. The van der Waals surface area contributed by atoms with Gasteiger partial charge in [-0.2, -0.15) is 5.26 Å². The van der Waals surface area contributed by atoms with E-state index in [1.165, 1.54) is 12.0 Å². The molecule has 0 aliphatic rings. The van der Waals surface area contributed by atoms with Gasteiger partial charge >= 0.3 is 0 Å². The Hall–Kier alpha value is -2.40. The lowest BCUT2D eigenvalue weighted by molar-refractivity contribution is 0.587. The van der Waals surface area contributed by atoms with E-state index < -0.39 is 0 Å². The number of aliphatic imine (C=N–C) groups is 1. The Morgan fingerprint density at radius 3 is 2.29 bits per heavy atom. The van der Waals surface area contributed by atoms with Crippen molar-refractivity contribution >= 4 is 11.9 Å². The number of hydrogen-bond donors (Lipinski definition) is 0. The predicted octanol–water partition coefficient (Wildman–Crippen LogP) is 4.90. The van der Waals surface area contributed by atoms with Crippen LogP contribution in [-0.2, 0) is 6.42 Å². The van der Waals surface area contributed by atoms with Crippen molar-refractivity contribution in [2.45, 2.75) is 26.7 Å². The number of benzene rings is 2. The molecule has 2 heteroatoms. The van der Waals surface area contributed by atoms with Gasteiger partial charge in [-0.1, -0.05) is 38.1 Å². The molecule has 0 atom stereocenters. The minimum absolute atomic E-state index is 0.668. The molecule has 2 aromatic carbocycles. The van der Waals surface area contributed by atoms with E-state index >= 15 is 0 Å². The molecule has 0 aliphatic heterocycles. The van der Waals surface area contributed by atoms with E-state index in [9.17, 15) is 0 Å². The van der Waals surface area contributed by atoms with E-state index in [1.54, 1.807) is 12.1 Å². The zero-order valence-electron chi connectivity index (χ0n) is 12.6. The van der Waals surface area contributed by atoms with Crippen LogP contribution in [0.15, 0.2) is 53.5 Å². The summed E-state index contributed by atoms with van der Waals surface area (Å²) in [5.41, 5.74) is 3.98. The molecule has 0 heterocycles. The summed E-state index contributed by atoms with van der Waals surface area (Å²) >= 11 is 0. The van der Waals surface area contributed by atoms with Gasteiger partial charge in [0.05, 0.1) is 17.3 Å².